The molecule has 6 nitrogen and oxygen atoms in total. The Balaban J connectivity index is 1.44. The van der Waals surface area contributed by atoms with Gasteiger partial charge in [-0.25, -0.2) is 0 Å². The third-order valence-electron chi connectivity index (χ3n) is 8.80. The molecule has 0 heterocycles. The van der Waals surface area contributed by atoms with Gasteiger partial charge in [-0.05, 0) is 73.3 Å². The van der Waals surface area contributed by atoms with E-state index >= 15 is 0 Å². The van der Waals surface area contributed by atoms with E-state index in [1.165, 1.54) is 25.0 Å². The average Bonchev–Trinajstić information content (AvgIpc) is 3.09. The fourth-order valence-electron chi connectivity index (χ4n) is 7.44. The third-order valence-corrected chi connectivity index (χ3v) is 8.80. The molecule has 0 aliphatic heterocycles. The van der Waals surface area contributed by atoms with Crippen molar-refractivity contribution >= 4 is 11.9 Å². The molecule has 3 aliphatic carbocycles. The summed E-state index contributed by atoms with van der Waals surface area (Å²) in [7, 11) is 0. The zero-order valence-electron chi connectivity index (χ0n) is 22.8. The van der Waals surface area contributed by atoms with Crippen molar-refractivity contribution in [3.05, 3.63) is 77.6 Å². The molecule has 202 valence electrons. The Morgan fingerprint density at radius 3 is 2.37 bits per heavy atom. The first-order valence-corrected chi connectivity index (χ1v) is 13.6. The molecule has 0 amide bonds. The predicted octanol–water partition coefficient (Wildman–Crippen LogP) is 6.12. The fraction of sp³-hybridized carbons (Fsp3) is 0.500. The van der Waals surface area contributed by atoms with E-state index in [4.69, 9.17) is 18.9 Å². The van der Waals surface area contributed by atoms with E-state index in [1.54, 1.807) is 6.92 Å². The number of fused-ring (bicyclic) bond motifs is 5. The summed E-state index contributed by atoms with van der Waals surface area (Å²) in [5.41, 5.74) is 3.45. The molecular formula is C32H38O6. The Hall–Kier alpha value is -3.28. The molecule has 0 aromatic heterocycles. The first-order chi connectivity index (χ1) is 18.2. The van der Waals surface area contributed by atoms with Crippen LogP contribution in [0.2, 0.25) is 0 Å². The van der Waals surface area contributed by atoms with Gasteiger partial charge in [0, 0.05) is 25.2 Å². The summed E-state index contributed by atoms with van der Waals surface area (Å²) in [6, 6.07) is 16.7. The fourth-order valence-corrected chi connectivity index (χ4v) is 7.44. The molecule has 2 saturated carbocycles. The van der Waals surface area contributed by atoms with Gasteiger partial charge >= 0.3 is 11.9 Å². The number of esters is 2. The highest BCUT2D eigenvalue weighted by atomic mass is 16.6. The first kappa shape index (κ1) is 26.3. The number of rotatable bonds is 7. The maximum atomic E-state index is 12.3. The second-order valence-electron chi connectivity index (χ2n) is 11.4. The summed E-state index contributed by atoms with van der Waals surface area (Å²) >= 11 is 0. The minimum atomic E-state index is -0.579. The number of allylic oxidation sites excluding steroid dienone is 1. The van der Waals surface area contributed by atoms with Gasteiger partial charge in [-0.15, -0.1) is 0 Å². The van der Waals surface area contributed by atoms with E-state index < -0.39 is 18.3 Å². The lowest BCUT2D eigenvalue weighted by atomic mass is 9.55. The van der Waals surface area contributed by atoms with Gasteiger partial charge in [0.05, 0.1) is 5.76 Å². The van der Waals surface area contributed by atoms with Crippen LogP contribution in [0.4, 0.5) is 0 Å². The van der Waals surface area contributed by atoms with Crippen molar-refractivity contribution in [2.75, 3.05) is 0 Å². The smallest absolute Gasteiger partial charge is 0.303 e. The summed E-state index contributed by atoms with van der Waals surface area (Å²) in [5, 5.41) is 0. The summed E-state index contributed by atoms with van der Waals surface area (Å²) in [6.45, 7) is 11.3. The molecule has 0 spiro atoms. The third kappa shape index (κ3) is 4.93. The molecule has 0 bridgehead atoms. The summed E-state index contributed by atoms with van der Waals surface area (Å²) in [5.74, 6) is 1.30. The van der Waals surface area contributed by atoms with E-state index in [9.17, 15) is 9.59 Å². The molecular weight excluding hydrogens is 480 g/mol. The quantitative estimate of drug-likeness (QED) is 0.325. The molecule has 2 aromatic rings. The van der Waals surface area contributed by atoms with Gasteiger partial charge < -0.3 is 18.9 Å². The van der Waals surface area contributed by atoms with Crippen LogP contribution in [-0.2, 0) is 36.8 Å². The molecule has 0 saturated heterocycles. The Morgan fingerprint density at radius 2 is 1.68 bits per heavy atom. The van der Waals surface area contributed by atoms with Crippen LogP contribution < -0.4 is 4.74 Å². The molecule has 38 heavy (non-hydrogen) atoms. The molecule has 0 N–H and O–H groups in total. The summed E-state index contributed by atoms with van der Waals surface area (Å²) in [4.78, 5) is 24.5. The molecule has 6 heteroatoms. The van der Waals surface area contributed by atoms with Crippen LogP contribution in [0.3, 0.4) is 0 Å². The monoisotopic (exact) mass is 518 g/mol. The van der Waals surface area contributed by atoms with Gasteiger partial charge in [0.2, 0.25) is 0 Å². The number of aryl methyl sites for hydroxylation is 1. The van der Waals surface area contributed by atoms with Gasteiger partial charge in [-0.3, -0.25) is 9.59 Å². The van der Waals surface area contributed by atoms with Crippen molar-refractivity contribution in [3.63, 3.8) is 0 Å². The highest BCUT2D eigenvalue weighted by molar-refractivity contribution is 5.67. The van der Waals surface area contributed by atoms with Gasteiger partial charge in [-0.2, -0.15) is 0 Å². The van der Waals surface area contributed by atoms with E-state index in [0.717, 1.165) is 37.0 Å². The second-order valence-corrected chi connectivity index (χ2v) is 11.4. The maximum Gasteiger partial charge on any atom is 0.303 e. The summed E-state index contributed by atoms with van der Waals surface area (Å²) < 4.78 is 24.2. The number of hydrogen-bond donors (Lipinski definition) is 0. The van der Waals surface area contributed by atoms with Crippen molar-refractivity contribution in [3.8, 4) is 5.75 Å². The summed E-state index contributed by atoms with van der Waals surface area (Å²) in [6.07, 6.45) is 2.09. The van der Waals surface area contributed by atoms with E-state index in [0.29, 0.717) is 18.3 Å². The number of benzene rings is 2. The van der Waals surface area contributed by atoms with E-state index in [-0.39, 0.29) is 29.2 Å². The molecule has 7 atom stereocenters. The van der Waals surface area contributed by atoms with Crippen molar-refractivity contribution in [1.29, 1.82) is 0 Å². The van der Waals surface area contributed by atoms with Crippen LogP contribution >= 0.6 is 0 Å². The predicted molar refractivity (Wildman–Crippen MR) is 143 cm³/mol. The molecule has 0 unspecified atom stereocenters. The standard InChI is InChI=1S/C32H38O6/c1-19(2)36-30-29(37-20(3)33)28-27-13-11-23-17-24(35-18-22-9-7-6-8-10-22)12-14-25(23)26(27)15-16-32(28,5)31(30)38-21(4)34/h6-10,12,14,17,26-31H,1,11,13,15-16,18H2,2-5H3/t26-,27-,28-,29-,30-,31+,32+/m1/s1. The topological polar surface area (TPSA) is 71.1 Å². The SMILES string of the molecule is C=C(C)O[C@@H]1[C@H](OC(C)=O)[C@H]2[C@@H]3CCc4cc(OCc5ccccc5)ccc4[C@H]3CC[C@]2(C)[C@H]1OC(C)=O. The van der Waals surface area contributed by atoms with Crippen LogP contribution in [0.25, 0.3) is 0 Å². The van der Waals surface area contributed by atoms with E-state index in [2.05, 4.69) is 43.8 Å². The van der Waals surface area contributed by atoms with Gasteiger partial charge in [0.15, 0.2) is 6.10 Å². The Bertz CT molecular complexity index is 1210. The Labute approximate surface area is 225 Å². The molecule has 3 aliphatic rings. The normalized spacial score (nSPS) is 31.3. The lowest BCUT2D eigenvalue weighted by Crippen LogP contribution is -2.47. The highest BCUT2D eigenvalue weighted by Gasteiger charge is 2.67. The van der Waals surface area contributed by atoms with Gasteiger partial charge in [0.1, 0.15) is 24.6 Å². The number of carbonyl (C=O) groups excluding carboxylic acids is 2. The van der Waals surface area contributed by atoms with Crippen molar-refractivity contribution in [1.82, 2.24) is 0 Å². The number of ether oxygens (including phenoxy) is 4. The van der Waals surface area contributed by atoms with Crippen molar-refractivity contribution < 1.29 is 28.5 Å². The number of hydrogen-bond acceptors (Lipinski definition) is 6. The molecule has 2 fully saturated rings. The largest absolute Gasteiger partial charge is 0.489 e. The minimum absolute atomic E-state index is 0.000933. The first-order valence-electron chi connectivity index (χ1n) is 13.6. The van der Waals surface area contributed by atoms with Crippen LogP contribution in [0.15, 0.2) is 60.9 Å². The Kier molecular flexibility index (Phi) is 7.26. The van der Waals surface area contributed by atoms with Gasteiger partial charge in [0.25, 0.3) is 0 Å². The average molecular weight is 519 g/mol. The zero-order chi connectivity index (χ0) is 27.0. The number of carbonyl (C=O) groups is 2. The highest BCUT2D eigenvalue weighted by Crippen LogP contribution is 2.63. The minimum Gasteiger partial charge on any atom is -0.489 e. The van der Waals surface area contributed by atoms with Crippen LogP contribution in [-0.4, -0.2) is 30.3 Å². The maximum absolute atomic E-state index is 12.3. The van der Waals surface area contributed by atoms with E-state index in [1.807, 2.05) is 18.2 Å². The van der Waals surface area contributed by atoms with Crippen molar-refractivity contribution in [2.45, 2.75) is 84.2 Å². The van der Waals surface area contributed by atoms with Crippen LogP contribution in [0, 0.1) is 17.3 Å². The van der Waals surface area contributed by atoms with Crippen LogP contribution in [0.5, 0.6) is 5.75 Å². The van der Waals surface area contributed by atoms with Crippen molar-refractivity contribution in [2.24, 2.45) is 17.3 Å². The molecule has 5 rings (SSSR count). The second kappa shape index (κ2) is 10.5. The lowest BCUT2D eigenvalue weighted by Gasteiger charge is -2.50. The molecule has 2 aromatic carbocycles. The Morgan fingerprint density at radius 1 is 0.947 bits per heavy atom. The van der Waals surface area contributed by atoms with Gasteiger partial charge in [-0.1, -0.05) is 49.9 Å². The van der Waals surface area contributed by atoms with Crippen LogP contribution in [0.1, 0.15) is 69.6 Å². The molecule has 0 radical (unpaired) electrons. The lowest BCUT2D eigenvalue weighted by molar-refractivity contribution is -0.164. The zero-order valence-corrected chi connectivity index (χ0v) is 22.8.